The summed E-state index contributed by atoms with van der Waals surface area (Å²) in [5, 5.41) is 14.7. The molecule has 4 N–H and O–H groups in total. The Bertz CT molecular complexity index is 1070. The third-order valence-corrected chi connectivity index (χ3v) is 5.42. The topological polar surface area (TPSA) is 101 Å². The third kappa shape index (κ3) is 4.11. The van der Waals surface area contributed by atoms with Gasteiger partial charge in [-0.05, 0) is 72.4 Å². The fourth-order valence-electron chi connectivity index (χ4n) is 2.62. The first kappa shape index (κ1) is 20.1. The van der Waals surface area contributed by atoms with Crippen molar-refractivity contribution in [3.63, 3.8) is 0 Å². The lowest BCUT2D eigenvalue weighted by molar-refractivity contribution is 0.0960. The maximum atomic E-state index is 12.4. The van der Waals surface area contributed by atoms with E-state index in [0.717, 1.165) is 28.2 Å². The Morgan fingerprint density at radius 2 is 1.93 bits per heavy atom. The predicted octanol–water partition coefficient (Wildman–Crippen LogP) is 4.79. The zero-order valence-corrected chi connectivity index (χ0v) is 17.3. The number of anilines is 1. The Morgan fingerprint density at radius 1 is 1.25 bits per heavy atom. The van der Waals surface area contributed by atoms with E-state index in [4.69, 9.17) is 28.9 Å². The summed E-state index contributed by atoms with van der Waals surface area (Å²) >= 11 is 13.1. The summed E-state index contributed by atoms with van der Waals surface area (Å²) in [6.45, 7) is 3.58. The number of phenols is 1. The minimum atomic E-state index is -0.477. The number of nitrogens with one attached hydrogen (secondary N) is 1. The molecule has 0 spiro atoms. The van der Waals surface area contributed by atoms with Crippen LogP contribution in [0.2, 0.25) is 10.0 Å². The SMILES string of the molecule is Cc1cc(/C=N/NC(=O)c2snc(-c3ccc(Cl)cc3Cl)c2N)cc(C)c1O. The van der Waals surface area contributed by atoms with Gasteiger partial charge in [0.25, 0.3) is 5.91 Å². The molecule has 0 radical (unpaired) electrons. The van der Waals surface area contributed by atoms with Gasteiger partial charge in [-0.25, -0.2) is 5.43 Å². The van der Waals surface area contributed by atoms with E-state index in [1.165, 1.54) is 6.21 Å². The van der Waals surface area contributed by atoms with Gasteiger partial charge in [0.15, 0.2) is 0 Å². The largest absolute Gasteiger partial charge is 0.507 e. The van der Waals surface area contributed by atoms with Crippen LogP contribution in [-0.2, 0) is 0 Å². The molecular formula is C19H16Cl2N4O2S. The average molecular weight is 435 g/mol. The summed E-state index contributed by atoms with van der Waals surface area (Å²) in [7, 11) is 0. The van der Waals surface area contributed by atoms with Crippen LogP contribution >= 0.6 is 34.7 Å². The molecular weight excluding hydrogens is 419 g/mol. The zero-order valence-electron chi connectivity index (χ0n) is 15.0. The van der Waals surface area contributed by atoms with E-state index < -0.39 is 5.91 Å². The molecule has 144 valence electrons. The van der Waals surface area contributed by atoms with Gasteiger partial charge in [0.2, 0.25) is 0 Å². The first-order chi connectivity index (χ1) is 13.3. The van der Waals surface area contributed by atoms with Crippen molar-refractivity contribution in [2.24, 2.45) is 5.10 Å². The highest BCUT2D eigenvalue weighted by Gasteiger charge is 2.20. The Morgan fingerprint density at radius 3 is 2.57 bits per heavy atom. The van der Waals surface area contributed by atoms with Crippen LogP contribution in [0.5, 0.6) is 5.75 Å². The summed E-state index contributed by atoms with van der Waals surface area (Å²) in [5.74, 6) is -0.234. The number of carbonyl (C=O) groups is 1. The lowest BCUT2D eigenvalue weighted by atomic mass is 10.1. The standard InChI is InChI=1S/C19H16Cl2N4O2S/c1-9-5-11(6-10(2)17(9)26)8-23-24-19(27)18-15(22)16(25-28-18)13-4-3-12(20)7-14(13)21/h3-8,26H,22H2,1-2H3,(H,24,27)/b23-8+. The van der Waals surface area contributed by atoms with Gasteiger partial charge in [0, 0.05) is 10.6 Å². The Hall–Kier alpha value is -2.61. The molecule has 0 unspecified atom stereocenters. The highest BCUT2D eigenvalue weighted by atomic mass is 35.5. The number of phenolic OH excluding ortho intramolecular Hbond substituents is 1. The monoisotopic (exact) mass is 434 g/mol. The molecule has 0 fully saturated rings. The third-order valence-electron chi connectivity index (χ3n) is 4.01. The van der Waals surface area contributed by atoms with Gasteiger partial charge in [0.1, 0.15) is 16.3 Å². The number of hydrogen-bond acceptors (Lipinski definition) is 6. The van der Waals surface area contributed by atoms with Crippen LogP contribution in [0.3, 0.4) is 0 Å². The van der Waals surface area contributed by atoms with E-state index in [1.807, 2.05) is 0 Å². The molecule has 1 amide bonds. The predicted molar refractivity (Wildman–Crippen MR) is 115 cm³/mol. The van der Waals surface area contributed by atoms with Crippen molar-refractivity contribution in [1.82, 2.24) is 9.80 Å². The summed E-state index contributed by atoms with van der Waals surface area (Å²) < 4.78 is 4.25. The molecule has 1 aromatic heterocycles. The van der Waals surface area contributed by atoms with Crippen molar-refractivity contribution in [3.05, 3.63) is 61.9 Å². The lowest BCUT2D eigenvalue weighted by Gasteiger charge is -2.05. The van der Waals surface area contributed by atoms with Crippen LogP contribution in [0.25, 0.3) is 11.3 Å². The average Bonchev–Trinajstić information content (AvgIpc) is 3.01. The fourth-order valence-corrected chi connectivity index (χ4v) is 3.82. The summed E-state index contributed by atoms with van der Waals surface area (Å²) in [5.41, 5.74) is 12.0. The van der Waals surface area contributed by atoms with Gasteiger partial charge in [-0.3, -0.25) is 4.79 Å². The Kier molecular flexibility index (Phi) is 5.88. The molecule has 0 aliphatic heterocycles. The molecule has 0 saturated heterocycles. The number of halogens is 2. The number of hydrogen-bond donors (Lipinski definition) is 3. The molecule has 3 rings (SSSR count). The number of benzene rings is 2. The highest BCUT2D eigenvalue weighted by molar-refractivity contribution is 7.09. The van der Waals surface area contributed by atoms with Crippen LogP contribution in [0.4, 0.5) is 5.69 Å². The summed E-state index contributed by atoms with van der Waals surface area (Å²) in [6.07, 6.45) is 1.49. The van der Waals surface area contributed by atoms with Gasteiger partial charge in [-0.1, -0.05) is 23.2 Å². The lowest BCUT2D eigenvalue weighted by Crippen LogP contribution is -2.17. The van der Waals surface area contributed by atoms with Crippen molar-refractivity contribution in [2.75, 3.05) is 5.73 Å². The van der Waals surface area contributed by atoms with Crippen LogP contribution in [0.1, 0.15) is 26.4 Å². The van der Waals surface area contributed by atoms with Crippen molar-refractivity contribution in [1.29, 1.82) is 0 Å². The smallest absolute Gasteiger partial charge is 0.285 e. The first-order valence-corrected chi connectivity index (χ1v) is 9.65. The van der Waals surface area contributed by atoms with Crippen molar-refractivity contribution in [3.8, 4) is 17.0 Å². The van der Waals surface area contributed by atoms with E-state index in [2.05, 4.69) is 14.9 Å². The van der Waals surface area contributed by atoms with Crippen LogP contribution in [-0.4, -0.2) is 21.6 Å². The Balaban J connectivity index is 1.78. The van der Waals surface area contributed by atoms with Gasteiger partial charge >= 0.3 is 0 Å². The first-order valence-electron chi connectivity index (χ1n) is 8.12. The molecule has 28 heavy (non-hydrogen) atoms. The van der Waals surface area contributed by atoms with Gasteiger partial charge in [-0.2, -0.15) is 9.47 Å². The van der Waals surface area contributed by atoms with Crippen molar-refractivity contribution in [2.45, 2.75) is 13.8 Å². The number of rotatable bonds is 4. The van der Waals surface area contributed by atoms with Gasteiger partial charge < -0.3 is 10.8 Å². The summed E-state index contributed by atoms with van der Waals surface area (Å²) in [4.78, 5) is 12.6. The van der Waals surface area contributed by atoms with Gasteiger partial charge in [-0.15, -0.1) is 0 Å². The zero-order chi connectivity index (χ0) is 20.4. The van der Waals surface area contributed by atoms with E-state index >= 15 is 0 Å². The quantitative estimate of drug-likeness (QED) is 0.405. The molecule has 2 aromatic carbocycles. The molecule has 1 heterocycles. The number of amides is 1. The van der Waals surface area contributed by atoms with Crippen LogP contribution in [0.15, 0.2) is 35.4 Å². The van der Waals surface area contributed by atoms with E-state index in [-0.39, 0.29) is 16.3 Å². The molecule has 0 saturated carbocycles. The number of aryl methyl sites for hydroxylation is 2. The molecule has 0 aliphatic rings. The number of hydrazone groups is 1. The van der Waals surface area contributed by atoms with Crippen LogP contribution < -0.4 is 11.2 Å². The maximum absolute atomic E-state index is 12.4. The molecule has 0 aliphatic carbocycles. The molecule has 6 nitrogen and oxygen atoms in total. The maximum Gasteiger partial charge on any atom is 0.285 e. The minimum absolute atomic E-state index is 0.221. The number of nitrogens with zero attached hydrogens (tertiary/aromatic N) is 2. The van der Waals surface area contributed by atoms with Crippen molar-refractivity contribution >= 4 is 52.5 Å². The highest BCUT2D eigenvalue weighted by Crippen LogP contribution is 2.36. The number of nitrogens with two attached hydrogens (primary N) is 1. The Labute approximate surface area is 175 Å². The van der Waals surface area contributed by atoms with Crippen LogP contribution in [0, 0.1) is 13.8 Å². The van der Waals surface area contributed by atoms with Crippen molar-refractivity contribution < 1.29 is 9.90 Å². The number of aromatic hydroxyl groups is 1. The summed E-state index contributed by atoms with van der Waals surface area (Å²) in [6, 6.07) is 8.49. The normalized spacial score (nSPS) is 11.1. The van der Waals surface area contributed by atoms with E-state index in [0.29, 0.717) is 21.3 Å². The number of carbonyl (C=O) groups excluding carboxylic acids is 1. The van der Waals surface area contributed by atoms with E-state index in [1.54, 1.807) is 44.2 Å². The molecule has 0 bridgehead atoms. The second kappa shape index (κ2) is 8.18. The second-order valence-corrected chi connectivity index (χ2v) is 7.72. The minimum Gasteiger partial charge on any atom is -0.507 e. The fraction of sp³-hybridized carbons (Fsp3) is 0.105. The molecule has 9 heteroatoms. The molecule has 0 atom stereocenters. The number of nitrogen functional groups attached to an aromatic ring is 1. The number of aromatic nitrogens is 1. The molecule has 3 aromatic rings. The van der Waals surface area contributed by atoms with Gasteiger partial charge in [0.05, 0.1) is 16.9 Å². The second-order valence-electron chi connectivity index (χ2n) is 6.10. The van der Waals surface area contributed by atoms with E-state index in [9.17, 15) is 9.90 Å².